The second-order valence-electron chi connectivity index (χ2n) is 3.59. The van der Waals surface area contributed by atoms with Gasteiger partial charge < -0.3 is 14.8 Å². The first-order valence-corrected chi connectivity index (χ1v) is 6.38. The highest BCUT2D eigenvalue weighted by molar-refractivity contribution is 7.08. The topological polar surface area (TPSA) is 56.3 Å². The van der Waals surface area contributed by atoms with E-state index in [0.29, 0.717) is 11.8 Å². The molecule has 2 aromatic rings. The van der Waals surface area contributed by atoms with E-state index in [4.69, 9.17) is 9.47 Å². The first-order valence-electron chi connectivity index (χ1n) is 5.44. The Morgan fingerprint density at radius 1 is 1.33 bits per heavy atom. The highest BCUT2D eigenvalue weighted by atomic mass is 32.1. The maximum atomic E-state index is 5.28. The smallest absolute Gasteiger partial charge is 0.240 e. The van der Waals surface area contributed by atoms with E-state index in [0.717, 1.165) is 11.3 Å². The molecule has 1 atom stereocenters. The van der Waals surface area contributed by atoms with Crippen LogP contribution in [0.15, 0.2) is 23.0 Å². The van der Waals surface area contributed by atoms with Gasteiger partial charge in [0.2, 0.25) is 11.8 Å². The lowest BCUT2D eigenvalue weighted by atomic mass is 10.1. The van der Waals surface area contributed by atoms with Gasteiger partial charge in [0.05, 0.1) is 26.5 Å². The number of aromatic nitrogens is 2. The summed E-state index contributed by atoms with van der Waals surface area (Å²) in [7, 11) is 5.01. The predicted molar refractivity (Wildman–Crippen MR) is 70.4 cm³/mol. The van der Waals surface area contributed by atoms with Gasteiger partial charge in [0.25, 0.3) is 0 Å². The van der Waals surface area contributed by atoms with Gasteiger partial charge in [-0.1, -0.05) is 0 Å². The summed E-state index contributed by atoms with van der Waals surface area (Å²) in [5.41, 5.74) is 1.89. The van der Waals surface area contributed by atoms with Crippen LogP contribution in [-0.4, -0.2) is 31.2 Å². The number of ether oxygens (including phenoxy) is 2. The van der Waals surface area contributed by atoms with Gasteiger partial charge in [-0.2, -0.15) is 16.3 Å². The van der Waals surface area contributed by atoms with Crippen molar-refractivity contribution < 1.29 is 9.47 Å². The second kappa shape index (κ2) is 5.79. The fourth-order valence-electron chi connectivity index (χ4n) is 1.71. The molecule has 1 unspecified atom stereocenters. The van der Waals surface area contributed by atoms with Crippen LogP contribution in [0.5, 0.6) is 11.8 Å². The van der Waals surface area contributed by atoms with Crippen LogP contribution in [0.2, 0.25) is 0 Å². The molecule has 0 amide bonds. The first-order chi connectivity index (χ1) is 8.80. The number of rotatable bonds is 5. The lowest BCUT2D eigenvalue weighted by Crippen LogP contribution is -2.19. The Kier molecular flexibility index (Phi) is 4.11. The van der Waals surface area contributed by atoms with Gasteiger partial charge in [-0.3, -0.25) is 0 Å². The third-order valence-electron chi connectivity index (χ3n) is 2.59. The minimum absolute atomic E-state index is 0.0374. The zero-order valence-corrected chi connectivity index (χ0v) is 11.3. The molecule has 2 rings (SSSR count). The number of nitrogens with one attached hydrogen (secondary N) is 1. The summed E-state index contributed by atoms with van der Waals surface area (Å²) >= 11 is 1.65. The summed E-state index contributed by atoms with van der Waals surface area (Å²) in [6.45, 7) is 0. The lowest BCUT2D eigenvalue weighted by molar-refractivity contribution is 0.353. The van der Waals surface area contributed by atoms with Crippen molar-refractivity contribution in [2.24, 2.45) is 0 Å². The molecule has 2 aromatic heterocycles. The van der Waals surface area contributed by atoms with Crippen LogP contribution < -0.4 is 14.8 Å². The molecule has 0 aliphatic heterocycles. The summed E-state index contributed by atoms with van der Waals surface area (Å²) in [6.07, 6.45) is 1.59. The lowest BCUT2D eigenvalue weighted by Gasteiger charge is -2.16. The molecule has 18 heavy (non-hydrogen) atoms. The van der Waals surface area contributed by atoms with Crippen LogP contribution in [-0.2, 0) is 0 Å². The zero-order chi connectivity index (χ0) is 13.0. The summed E-state index contributed by atoms with van der Waals surface area (Å²) in [5, 5.41) is 7.32. The van der Waals surface area contributed by atoms with Crippen molar-refractivity contribution in [1.82, 2.24) is 15.3 Å². The number of thiophene rings is 1. The highest BCUT2D eigenvalue weighted by Crippen LogP contribution is 2.28. The van der Waals surface area contributed by atoms with E-state index >= 15 is 0 Å². The number of hydrogen-bond acceptors (Lipinski definition) is 6. The quantitative estimate of drug-likeness (QED) is 0.894. The highest BCUT2D eigenvalue weighted by Gasteiger charge is 2.20. The fraction of sp³-hybridized carbons (Fsp3) is 0.333. The van der Waals surface area contributed by atoms with E-state index < -0.39 is 0 Å². The van der Waals surface area contributed by atoms with Crippen LogP contribution in [0.25, 0.3) is 0 Å². The molecule has 0 bridgehead atoms. The van der Waals surface area contributed by atoms with Gasteiger partial charge in [0, 0.05) is 0 Å². The van der Waals surface area contributed by atoms with Gasteiger partial charge in [0.15, 0.2) is 0 Å². The standard InChI is InChI=1S/C12H15N3O2S/c1-13-10(8-4-5-18-7-8)11-12(17-3)15-9(16-2)6-14-11/h4-7,10,13H,1-3H3. The average Bonchev–Trinajstić information content (AvgIpc) is 2.94. The molecule has 0 saturated heterocycles. The van der Waals surface area contributed by atoms with Crippen LogP contribution in [0.1, 0.15) is 17.3 Å². The summed E-state index contributed by atoms with van der Waals surface area (Å²) in [4.78, 5) is 8.62. The summed E-state index contributed by atoms with van der Waals surface area (Å²) < 4.78 is 10.3. The largest absolute Gasteiger partial charge is 0.480 e. The van der Waals surface area contributed by atoms with Gasteiger partial charge in [0.1, 0.15) is 5.69 Å². The molecule has 0 spiro atoms. The molecule has 0 aromatic carbocycles. The molecule has 0 fully saturated rings. The number of hydrogen-bond donors (Lipinski definition) is 1. The Morgan fingerprint density at radius 3 is 2.72 bits per heavy atom. The second-order valence-corrected chi connectivity index (χ2v) is 4.37. The third-order valence-corrected chi connectivity index (χ3v) is 3.29. The van der Waals surface area contributed by atoms with Crippen molar-refractivity contribution in [3.63, 3.8) is 0 Å². The predicted octanol–water partition coefficient (Wildman–Crippen LogP) is 1.86. The molecule has 0 aliphatic carbocycles. The maximum Gasteiger partial charge on any atom is 0.240 e. The van der Waals surface area contributed by atoms with Crippen LogP contribution in [0, 0.1) is 0 Å². The normalized spacial score (nSPS) is 12.2. The minimum atomic E-state index is -0.0374. The monoisotopic (exact) mass is 265 g/mol. The summed E-state index contributed by atoms with van der Waals surface area (Å²) in [5.74, 6) is 0.913. The van der Waals surface area contributed by atoms with Crippen molar-refractivity contribution in [1.29, 1.82) is 0 Å². The van der Waals surface area contributed by atoms with Crippen molar-refractivity contribution >= 4 is 11.3 Å². The number of methoxy groups -OCH3 is 2. The Hall–Kier alpha value is -1.66. The van der Waals surface area contributed by atoms with Crippen molar-refractivity contribution in [3.8, 4) is 11.8 Å². The first kappa shape index (κ1) is 12.8. The van der Waals surface area contributed by atoms with Crippen LogP contribution in [0.4, 0.5) is 0 Å². The van der Waals surface area contributed by atoms with E-state index in [-0.39, 0.29) is 6.04 Å². The van der Waals surface area contributed by atoms with Crippen LogP contribution in [0.3, 0.4) is 0 Å². The Bertz CT molecular complexity index is 502. The van der Waals surface area contributed by atoms with Gasteiger partial charge >= 0.3 is 0 Å². The third kappa shape index (κ3) is 2.44. The van der Waals surface area contributed by atoms with Gasteiger partial charge in [-0.15, -0.1) is 0 Å². The maximum absolute atomic E-state index is 5.28. The number of nitrogens with zero attached hydrogens (tertiary/aromatic N) is 2. The molecule has 96 valence electrons. The SMILES string of the molecule is CNC(c1ccsc1)c1ncc(OC)nc1OC. The van der Waals surface area contributed by atoms with E-state index in [2.05, 4.69) is 26.7 Å². The Morgan fingerprint density at radius 2 is 2.17 bits per heavy atom. The molecule has 0 saturated carbocycles. The van der Waals surface area contributed by atoms with E-state index in [1.165, 1.54) is 0 Å². The van der Waals surface area contributed by atoms with Crippen molar-refractivity contribution in [3.05, 3.63) is 34.3 Å². The molecule has 2 heterocycles. The molecule has 0 aliphatic rings. The molecule has 1 N–H and O–H groups in total. The van der Waals surface area contributed by atoms with E-state index in [1.54, 1.807) is 31.8 Å². The Labute approximate surface area is 110 Å². The van der Waals surface area contributed by atoms with Crippen molar-refractivity contribution in [2.45, 2.75) is 6.04 Å². The van der Waals surface area contributed by atoms with E-state index in [9.17, 15) is 0 Å². The zero-order valence-electron chi connectivity index (χ0n) is 10.5. The minimum Gasteiger partial charge on any atom is -0.480 e. The van der Waals surface area contributed by atoms with Crippen LogP contribution >= 0.6 is 11.3 Å². The molecule has 6 heteroatoms. The van der Waals surface area contributed by atoms with Gasteiger partial charge in [-0.05, 0) is 29.4 Å². The molecular weight excluding hydrogens is 250 g/mol. The average molecular weight is 265 g/mol. The van der Waals surface area contributed by atoms with Crippen molar-refractivity contribution in [2.75, 3.05) is 21.3 Å². The fourth-order valence-corrected chi connectivity index (χ4v) is 2.40. The molecular formula is C12H15N3O2S. The Balaban J connectivity index is 2.42. The van der Waals surface area contributed by atoms with Gasteiger partial charge in [-0.25, -0.2) is 4.98 Å². The molecule has 5 nitrogen and oxygen atoms in total. The van der Waals surface area contributed by atoms with E-state index in [1.807, 2.05) is 12.4 Å². The molecule has 0 radical (unpaired) electrons. The summed E-state index contributed by atoms with van der Waals surface area (Å²) in [6, 6.07) is 2.02.